The Hall–Kier alpha value is -2.23. The topological polar surface area (TPSA) is 66.7 Å². The lowest BCUT2D eigenvalue weighted by Crippen LogP contribution is -2.22. The van der Waals surface area contributed by atoms with Crippen molar-refractivity contribution in [3.05, 3.63) is 46.7 Å². The van der Waals surface area contributed by atoms with Gasteiger partial charge in [-0.05, 0) is 6.42 Å². The highest BCUT2D eigenvalue weighted by Gasteiger charge is 2.30. The third-order valence-corrected chi connectivity index (χ3v) is 2.70. The van der Waals surface area contributed by atoms with E-state index in [-0.39, 0.29) is 16.9 Å². The van der Waals surface area contributed by atoms with E-state index < -0.39 is 11.5 Å². The van der Waals surface area contributed by atoms with E-state index in [0.717, 1.165) is 6.42 Å². The van der Waals surface area contributed by atoms with Gasteiger partial charge in [0.05, 0.1) is 5.57 Å². The summed E-state index contributed by atoms with van der Waals surface area (Å²) in [5.41, 5.74) is 0.540. The van der Waals surface area contributed by atoms with Gasteiger partial charge in [-0.15, -0.1) is 0 Å². The van der Waals surface area contributed by atoms with E-state index in [1.165, 1.54) is 12.3 Å². The molecule has 0 bridgehead atoms. The first-order chi connectivity index (χ1) is 8.66. The third-order valence-electron chi connectivity index (χ3n) is 2.70. The number of Topliss-reactive ketones (excluding diaryl/α,β-unsaturated/α-hetero) is 2. The zero-order chi connectivity index (χ0) is 13.1. The summed E-state index contributed by atoms with van der Waals surface area (Å²) in [6, 6.07) is 6.46. The van der Waals surface area contributed by atoms with Gasteiger partial charge in [-0.25, -0.2) is 0 Å². The highest BCUT2D eigenvalue weighted by atomic mass is 16.3. The summed E-state index contributed by atoms with van der Waals surface area (Å²) >= 11 is 0. The predicted octanol–water partition coefficient (Wildman–Crippen LogP) is 2.36. The van der Waals surface area contributed by atoms with Crippen LogP contribution < -0.4 is 0 Å². The van der Waals surface area contributed by atoms with Crippen molar-refractivity contribution >= 4 is 17.8 Å². The zero-order valence-corrected chi connectivity index (χ0v) is 10.0. The molecule has 0 fully saturated rings. The van der Waals surface area contributed by atoms with E-state index in [2.05, 4.69) is 4.99 Å². The molecule has 0 unspecified atom stereocenters. The van der Waals surface area contributed by atoms with Gasteiger partial charge in [-0.1, -0.05) is 31.2 Å². The summed E-state index contributed by atoms with van der Waals surface area (Å²) < 4.78 is 0. The second kappa shape index (κ2) is 4.96. The first kappa shape index (κ1) is 12.2. The molecular weight excluding hydrogens is 230 g/mol. The van der Waals surface area contributed by atoms with Crippen LogP contribution in [0.5, 0.6) is 0 Å². The molecule has 1 aromatic carbocycles. The lowest BCUT2D eigenvalue weighted by Gasteiger charge is -2.14. The van der Waals surface area contributed by atoms with E-state index in [1.54, 1.807) is 18.2 Å². The maximum atomic E-state index is 12.1. The molecule has 0 amide bonds. The van der Waals surface area contributed by atoms with Crippen LogP contribution >= 0.6 is 0 Å². The molecule has 0 radical (unpaired) electrons. The number of rotatable bonds is 3. The molecule has 4 nitrogen and oxygen atoms in total. The minimum atomic E-state index is -0.525. The van der Waals surface area contributed by atoms with Gasteiger partial charge in [0.2, 0.25) is 5.78 Å². The van der Waals surface area contributed by atoms with Gasteiger partial charge >= 0.3 is 0 Å². The number of allylic oxidation sites excluding steroid dienone is 2. The molecule has 4 heteroatoms. The largest absolute Gasteiger partial charge is 0.504 e. The molecule has 0 saturated carbocycles. The summed E-state index contributed by atoms with van der Waals surface area (Å²) in [6.07, 6.45) is 2.12. The van der Waals surface area contributed by atoms with Crippen molar-refractivity contribution in [2.45, 2.75) is 13.3 Å². The van der Waals surface area contributed by atoms with Crippen molar-refractivity contribution in [1.82, 2.24) is 0 Å². The van der Waals surface area contributed by atoms with E-state index in [0.29, 0.717) is 12.1 Å². The standard InChI is InChI=1S/C14H13NO3/c1-2-7-15-8-11-12(16)9-5-3-4-6-10(9)13(17)14(11)18/h3-6,8,18H,2,7H2,1H3/b15-8+. The van der Waals surface area contributed by atoms with Gasteiger partial charge in [0.25, 0.3) is 0 Å². The molecule has 0 aliphatic heterocycles. The van der Waals surface area contributed by atoms with Crippen LogP contribution in [0.4, 0.5) is 0 Å². The Labute approximate surface area is 105 Å². The fraction of sp³-hybridized carbons (Fsp3) is 0.214. The Kier molecular flexibility index (Phi) is 3.37. The first-order valence-corrected chi connectivity index (χ1v) is 5.78. The van der Waals surface area contributed by atoms with Gasteiger partial charge in [-0.3, -0.25) is 14.6 Å². The molecule has 1 aromatic rings. The normalized spacial score (nSPS) is 15.4. The number of benzene rings is 1. The van der Waals surface area contributed by atoms with E-state index in [9.17, 15) is 14.7 Å². The SMILES string of the molecule is CCC/N=C/C1=C(O)C(=O)c2ccccc2C1=O. The second-order valence-corrected chi connectivity index (χ2v) is 4.00. The maximum absolute atomic E-state index is 12.1. The Morgan fingerprint density at radius 1 is 1.17 bits per heavy atom. The number of nitrogens with zero attached hydrogens (tertiary/aromatic N) is 1. The average Bonchev–Trinajstić information content (AvgIpc) is 2.40. The van der Waals surface area contributed by atoms with Gasteiger partial charge in [-0.2, -0.15) is 0 Å². The summed E-state index contributed by atoms with van der Waals surface area (Å²) in [5.74, 6) is -1.40. The van der Waals surface area contributed by atoms with E-state index in [4.69, 9.17) is 0 Å². The minimum Gasteiger partial charge on any atom is -0.504 e. The van der Waals surface area contributed by atoms with Gasteiger partial charge in [0.15, 0.2) is 11.5 Å². The second-order valence-electron chi connectivity index (χ2n) is 4.00. The molecule has 1 aliphatic carbocycles. The van der Waals surface area contributed by atoms with Crippen LogP contribution in [-0.4, -0.2) is 29.4 Å². The monoisotopic (exact) mass is 243 g/mol. The van der Waals surface area contributed by atoms with Gasteiger partial charge in [0.1, 0.15) is 0 Å². The average molecular weight is 243 g/mol. The summed E-state index contributed by atoms with van der Waals surface area (Å²) in [5, 5.41) is 9.77. The Balaban J connectivity index is 2.47. The number of ketones is 2. The van der Waals surface area contributed by atoms with E-state index >= 15 is 0 Å². The molecule has 0 saturated heterocycles. The fourth-order valence-electron chi connectivity index (χ4n) is 1.79. The maximum Gasteiger partial charge on any atom is 0.228 e. The number of hydrogen-bond donors (Lipinski definition) is 1. The smallest absolute Gasteiger partial charge is 0.228 e. The molecule has 18 heavy (non-hydrogen) atoms. The number of aliphatic hydroxyl groups is 1. The number of hydrogen-bond acceptors (Lipinski definition) is 4. The molecule has 0 heterocycles. The van der Waals surface area contributed by atoms with Crippen LogP contribution in [0.25, 0.3) is 0 Å². The van der Waals surface area contributed by atoms with Crippen LogP contribution in [0, 0.1) is 0 Å². The number of carbonyl (C=O) groups is 2. The van der Waals surface area contributed by atoms with Crippen LogP contribution in [0.3, 0.4) is 0 Å². The quantitative estimate of drug-likeness (QED) is 0.828. The van der Waals surface area contributed by atoms with E-state index in [1.807, 2.05) is 6.92 Å². The minimum absolute atomic E-state index is 0.0212. The first-order valence-electron chi connectivity index (χ1n) is 5.78. The molecule has 0 spiro atoms. The molecule has 0 atom stereocenters. The Morgan fingerprint density at radius 3 is 2.39 bits per heavy atom. The number of carbonyl (C=O) groups excluding carboxylic acids is 2. The summed E-state index contributed by atoms with van der Waals surface area (Å²) in [6.45, 7) is 2.51. The van der Waals surface area contributed by atoms with Crippen molar-refractivity contribution in [3.8, 4) is 0 Å². The molecule has 2 rings (SSSR count). The highest BCUT2D eigenvalue weighted by molar-refractivity contribution is 6.33. The van der Waals surface area contributed by atoms with Crippen molar-refractivity contribution in [3.63, 3.8) is 0 Å². The van der Waals surface area contributed by atoms with Gasteiger partial charge in [0, 0.05) is 23.9 Å². The van der Waals surface area contributed by atoms with Crippen LogP contribution in [0.2, 0.25) is 0 Å². The third kappa shape index (κ3) is 1.97. The number of aliphatic hydroxyl groups excluding tert-OH is 1. The summed E-state index contributed by atoms with van der Waals surface area (Å²) in [7, 11) is 0. The fourth-order valence-corrected chi connectivity index (χ4v) is 1.79. The lowest BCUT2D eigenvalue weighted by atomic mass is 9.88. The van der Waals surface area contributed by atoms with Crippen LogP contribution in [0.1, 0.15) is 34.1 Å². The Bertz CT molecular complexity index is 570. The lowest BCUT2D eigenvalue weighted by molar-refractivity contribution is 0.0934. The van der Waals surface area contributed by atoms with Crippen molar-refractivity contribution in [2.75, 3.05) is 6.54 Å². The van der Waals surface area contributed by atoms with Crippen molar-refractivity contribution < 1.29 is 14.7 Å². The molecule has 1 N–H and O–H groups in total. The molecule has 1 aliphatic rings. The van der Waals surface area contributed by atoms with Crippen LogP contribution in [-0.2, 0) is 0 Å². The number of fused-ring (bicyclic) bond motifs is 1. The van der Waals surface area contributed by atoms with Crippen molar-refractivity contribution in [2.24, 2.45) is 4.99 Å². The Morgan fingerprint density at radius 2 is 1.78 bits per heavy atom. The highest BCUT2D eigenvalue weighted by Crippen LogP contribution is 2.23. The van der Waals surface area contributed by atoms with Gasteiger partial charge < -0.3 is 5.11 Å². The van der Waals surface area contributed by atoms with Crippen LogP contribution in [0.15, 0.2) is 40.6 Å². The molecule has 92 valence electrons. The molecule has 0 aromatic heterocycles. The zero-order valence-electron chi connectivity index (χ0n) is 10.0. The summed E-state index contributed by atoms with van der Waals surface area (Å²) in [4.78, 5) is 28.0. The molecular formula is C14H13NO3. The number of aliphatic imine (C=N–C) groups is 1. The van der Waals surface area contributed by atoms with Crippen molar-refractivity contribution in [1.29, 1.82) is 0 Å². The predicted molar refractivity (Wildman–Crippen MR) is 68.4 cm³/mol.